The highest BCUT2D eigenvalue weighted by atomic mass is 32.2. The van der Waals surface area contributed by atoms with E-state index in [0.29, 0.717) is 4.90 Å². The molecule has 1 unspecified atom stereocenters. The summed E-state index contributed by atoms with van der Waals surface area (Å²) in [6.07, 6.45) is 9.86. The average Bonchev–Trinajstić information content (AvgIpc) is 2.74. The lowest BCUT2D eigenvalue weighted by molar-refractivity contribution is 0.195. The van der Waals surface area contributed by atoms with Crippen LogP contribution in [0.5, 0.6) is 0 Å². The van der Waals surface area contributed by atoms with Crippen molar-refractivity contribution < 1.29 is 13.5 Å². The molecule has 1 atom stereocenters. The van der Waals surface area contributed by atoms with Crippen LogP contribution in [0.4, 0.5) is 5.69 Å². The summed E-state index contributed by atoms with van der Waals surface area (Å²) in [5.41, 5.74) is 2.94. The standard InChI is InChI=1S/C25H35NO3S/c1-4-5-6-7-8-9-20-30(28,29)25-18-14-23(15-19-25)11-10-22-12-16-24(17-13-22)26(3)21(2)27/h10-19,21,27H,4-9,20H2,1-3H3. The molecular formula is C25H35NO3S. The van der Waals surface area contributed by atoms with E-state index in [4.69, 9.17) is 0 Å². The number of benzene rings is 2. The highest BCUT2D eigenvalue weighted by Crippen LogP contribution is 2.19. The van der Waals surface area contributed by atoms with E-state index in [1.54, 1.807) is 24.0 Å². The Labute approximate surface area is 182 Å². The normalized spacial score (nSPS) is 12.9. The van der Waals surface area contributed by atoms with Crippen LogP contribution in [-0.4, -0.2) is 32.6 Å². The number of anilines is 1. The Hall–Kier alpha value is -2.11. The van der Waals surface area contributed by atoms with Gasteiger partial charge in [0.15, 0.2) is 9.84 Å². The number of aliphatic hydroxyl groups is 1. The fraction of sp³-hybridized carbons (Fsp3) is 0.440. The zero-order chi connectivity index (χ0) is 22.0. The topological polar surface area (TPSA) is 57.6 Å². The van der Waals surface area contributed by atoms with E-state index in [0.717, 1.165) is 36.1 Å². The third-order valence-electron chi connectivity index (χ3n) is 5.33. The van der Waals surface area contributed by atoms with Gasteiger partial charge in [-0.25, -0.2) is 8.42 Å². The van der Waals surface area contributed by atoms with Gasteiger partial charge in [0.05, 0.1) is 10.6 Å². The Bertz CT molecular complexity index is 885. The van der Waals surface area contributed by atoms with Crippen molar-refractivity contribution in [2.45, 2.75) is 63.5 Å². The minimum atomic E-state index is -3.21. The molecule has 0 aliphatic rings. The van der Waals surface area contributed by atoms with Crippen molar-refractivity contribution in [3.8, 4) is 0 Å². The van der Waals surface area contributed by atoms with Gasteiger partial charge in [-0.3, -0.25) is 0 Å². The van der Waals surface area contributed by atoms with Crippen molar-refractivity contribution in [3.05, 3.63) is 59.7 Å². The molecule has 0 amide bonds. The summed E-state index contributed by atoms with van der Waals surface area (Å²) in [6.45, 7) is 3.91. The number of sulfone groups is 1. The van der Waals surface area contributed by atoms with Gasteiger partial charge in [0.1, 0.15) is 6.23 Å². The Kier molecular flexibility index (Phi) is 9.60. The molecule has 0 saturated carbocycles. The van der Waals surface area contributed by atoms with Gasteiger partial charge in [-0.2, -0.15) is 0 Å². The van der Waals surface area contributed by atoms with Gasteiger partial charge in [0.2, 0.25) is 0 Å². The summed E-state index contributed by atoms with van der Waals surface area (Å²) < 4.78 is 25.0. The molecule has 0 saturated heterocycles. The fourth-order valence-corrected chi connectivity index (χ4v) is 4.58. The van der Waals surface area contributed by atoms with Crippen LogP contribution in [0, 0.1) is 0 Å². The van der Waals surface area contributed by atoms with Crippen LogP contribution in [0.15, 0.2) is 53.4 Å². The second-order valence-electron chi connectivity index (χ2n) is 7.82. The van der Waals surface area contributed by atoms with Gasteiger partial charge < -0.3 is 10.0 Å². The molecule has 5 heteroatoms. The van der Waals surface area contributed by atoms with Gasteiger partial charge in [-0.05, 0) is 48.7 Å². The highest BCUT2D eigenvalue weighted by Gasteiger charge is 2.13. The molecular weight excluding hydrogens is 394 g/mol. The highest BCUT2D eigenvalue weighted by molar-refractivity contribution is 7.91. The number of nitrogens with zero attached hydrogens (tertiary/aromatic N) is 1. The van der Waals surface area contributed by atoms with Gasteiger partial charge in [-0.1, -0.05) is 75.4 Å². The second-order valence-corrected chi connectivity index (χ2v) is 9.93. The lowest BCUT2D eigenvalue weighted by atomic mass is 10.1. The number of rotatable bonds is 12. The molecule has 2 aromatic rings. The van der Waals surface area contributed by atoms with E-state index in [2.05, 4.69) is 6.92 Å². The predicted molar refractivity (Wildman–Crippen MR) is 127 cm³/mol. The van der Waals surface area contributed by atoms with Crippen molar-refractivity contribution in [2.75, 3.05) is 17.7 Å². The Morgan fingerprint density at radius 1 is 0.867 bits per heavy atom. The van der Waals surface area contributed by atoms with Crippen LogP contribution < -0.4 is 4.90 Å². The van der Waals surface area contributed by atoms with E-state index in [1.807, 2.05) is 55.6 Å². The molecule has 0 aliphatic heterocycles. The average molecular weight is 430 g/mol. The second kappa shape index (κ2) is 11.9. The summed E-state index contributed by atoms with van der Waals surface area (Å²) in [4.78, 5) is 2.19. The largest absolute Gasteiger partial charge is 0.374 e. The van der Waals surface area contributed by atoms with Crippen LogP contribution in [0.25, 0.3) is 12.2 Å². The molecule has 0 heterocycles. The Morgan fingerprint density at radius 2 is 1.37 bits per heavy atom. The summed E-state index contributed by atoms with van der Waals surface area (Å²) in [5, 5.41) is 9.64. The minimum Gasteiger partial charge on any atom is -0.374 e. The molecule has 0 radical (unpaired) electrons. The molecule has 0 aliphatic carbocycles. The van der Waals surface area contributed by atoms with Gasteiger partial charge in [0.25, 0.3) is 0 Å². The van der Waals surface area contributed by atoms with Gasteiger partial charge in [0, 0.05) is 12.7 Å². The van der Waals surface area contributed by atoms with Crippen LogP contribution in [0.3, 0.4) is 0 Å². The molecule has 2 rings (SSSR count). The third kappa shape index (κ3) is 7.62. The third-order valence-corrected chi connectivity index (χ3v) is 7.15. The van der Waals surface area contributed by atoms with E-state index in [1.165, 1.54) is 19.3 Å². The molecule has 1 N–H and O–H groups in total. The summed E-state index contributed by atoms with van der Waals surface area (Å²) >= 11 is 0. The minimum absolute atomic E-state index is 0.224. The predicted octanol–water partition coefficient (Wildman–Crippen LogP) is 5.77. The van der Waals surface area contributed by atoms with Crippen molar-refractivity contribution >= 4 is 27.7 Å². The maximum Gasteiger partial charge on any atom is 0.178 e. The van der Waals surface area contributed by atoms with Crippen molar-refractivity contribution in [2.24, 2.45) is 0 Å². The maximum absolute atomic E-state index is 12.5. The molecule has 164 valence electrons. The molecule has 0 aromatic heterocycles. The first kappa shape index (κ1) is 24.2. The van der Waals surface area contributed by atoms with Crippen LogP contribution in [0.2, 0.25) is 0 Å². The fourth-order valence-electron chi connectivity index (χ4n) is 3.21. The Morgan fingerprint density at radius 3 is 1.90 bits per heavy atom. The van der Waals surface area contributed by atoms with E-state index in [-0.39, 0.29) is 5.75 Å². The lowest BCUT2D eigenvalue weighted by Gasteiger charge is -2.22. The first-order chi connectivity index (χ1) is 14.3. The first-order valence-corrected chi connectivity index (χ1v) is 12.5. The van der Waals surface area contributed by atoms with Gasteiger partial charge >= 0.3 is 0 Å². The van der Waals surface area contributed by atoms with Crippen molar-refractivity contribution in [3.63, 3.8) is 0 Å². The molecule has 0 spiro atoms. The number of aliphatic hydroxyl groups excluding tert-OH is 1. The van der Waals surface area contributed by atoms with E-state index < -0.39 is 16.1 Å². The molecule has 2 aromatic carbocycles. The zero-order valence-corrected chi connectivity index (χ0v) is 19.2. The summed E-state index contributed by atoms with van der Waals surface area (Å²) in [6, 6.07) is 15.0. The van der Waals surface area contributed by atoms with Crippen LogP contribution >= 0.6 is 0 Å². The Balaban J connectivity index is 1.92. The van der Waals surface area contributed by atoms with Crippen LogP contribution in [0.1, 0.15) is 63.5 Å². The number of hydrogen-bond donors (Lipinski definition) is 1. The van der Waals surface area contributed by atoms with Gasteiger partial charge in [-0.15, -0.1) is 0 Å². The van der Waals surface area contributed by atoms with E-state index >= 15 is 0 Å². The van der Waals surface area contributed by atoms with Crippen molar-refractivity contribution in [1.82, 2.24) is 0 Å². The monoisotopic (exact) mass is 429 g/mol. The molecule has 4 nitrogen and oxygen atoms in total. The smallest absolute Gasteiger partial charge is 0.178 e. The van der Waals surface area contributed by atoms with E-state index in [9.17, 15) is 13.5 Å². The maximum atomic E-state index is 12.5. The number of unbranched alkanes of at least 4 members (excludes halogenated alkanes) is 5. The van der Waals surface area contributed by atoms with Crippen molar-refractivity contribution in [1.29, 1.82) is 0 Å². The molecule has 0 fully saturated rings. The molecule has 0 bridgehead atoms. The van der Waals surface area contributed by atoms with Crippen LogP contribution in [-0.2, 0) is 9.84 Å². The zero-order valence-electron chi connectivity index (χ0n) is 18.4. The number of hydrogen-bond acceptors (Lipinski definition) is 4. The quantitative estimate of drug-likeness (QED) is 0.264. The summed E-state index contributed by atoms with van der Waals surface area (Å²) in [7, 11) is -1.36. The SMILES string of the molecule is CCCCCCCCS(=O)(=O)c1ccc(C=Cc2ccc(N(C)C(C)O)cc2)cc1. The summed E-state index contributed by atoms with van der Waals surface area (Å²) in [5.74, 6) is 0.224. The lowest BCUT2D eigenvalue weighted by Crippen LogP contribution is -2.27. The first-order valence-electron chi connectivity index (χ1n) is 10.9. The molecule has 30 heavy (non-hydrogen) atoms.